The number of hydrogen-bond donors (Lipinski definition) is 0. The lowest BCUT2D eigenvalue weighted by Gasteiger charge is -2.51. The minimum atomic E-state index is -0.169. The Labute approximate surface area is 482 Å². The van der Waals surface area contributed by atoms with Crippen molar-refractivity contribution < 1.29 is 4.42 Å². The molecule has 1 fully saturated rings. The molecule has 9 aromatic rings. The second kappa shape index (κ2) is 16.8. The third-order valence-corrected chi connectivity index (χ3v) is 22.1. The minimum Gasteiger partial charge on any atom is -0.456 e. The third kappa shape index (κ3) is 7.08. The lowest BCUT2D eigenvalue weighted by molar-refractivity contribution is 0.195. The summed E-state index contributed by atoms with van der Waals surface area (Å²) in [5.74, 6) is 0. The van der Waals surface area contributed by atoms with Crippen molar-refractivity contribution in [2.45, 2.75) is 179 Å². The molecule has 0 N–H and O–H groups in total. The summed E-state index contributed by atoms with van der Waals surface area (Å²) in [6, 6.07) is 59.9. The van der Waals surface area contributed by atoms with Gasteiger partial charge in [-0.3, -0.25) is 0 Å². The number of para-hydroxylation sites is 2. The molecular formula is C76H80BN3O. The number of benzene rings is 8. The largest absolute Gasteiger partial charge is 0.456 e. The highest BCUT2D eigenvalue weighted by Gasteiger charge is 2.58. The molecule has 1 aromatic heterocycles. The van der Waals surface area contributed by atoms with Crippen molar-refractivity contribution >= 4 is 90.5 Å². The van der Waals surface area contributed by atoms with Crippen LogP contribution in [0.25, 0.3) is 33.1 Å². The second-order valence-electron chi connectivity index (χ2n) is 29.7. The Kier molecular flexibility index (Phi) is 10.6. The molecule has 408 valence electrons. The number of furan rings is 1. The van der Waals surface area contributed by atoms with Gasteiger partial charge in [-0.1, -0.05) is 187 Å². The summed E-state index contributed by atoms with van der Waals surface area (Å²) in [6.07, 6.45) is 9.36. The normalized spacial score (nSPS) is 22.4. The zero-order chi connectivity index (χ0) is 56.1. The van der Waals surface area contributed by atoms with Crippen LogP contribution in [0.1, 0.15) is 175 Å². The van der Waals surface area contributed by atoms with Crippen LogP contribution in [0.5, 0.6) is 0 Å². The van der Waals surface area contributed by atoms with E-state index in [9.17, 15) is 0 Å². The number of rotatable bonds is 4. The molecule has 6 aliphatic rings. The van der Waals surface area contributed by atoms with Gasteiger partial charge in [-0.25, -0.2) is 0 Å². The number of nitrogens with zero attached hydrogens (tertiary/aromatic N) is 3. The Bertz CT molecular complexity index is 4130. The number of anilines is 8. The summed E-state index contributed by atoms with van der Waals surface area (Å²) >= 11 is 0. The van der Waals surface area contributed by atoms with Crippen LogP contribution in [0.15, 0.2) is 156 Å². The standard InChI is InChI=1S/C76H80BN3O/c1-70(2,3)48-29-33-60(52(41-48)47-23-15-14-16-24-47)79-64-44-50(80-61-27-19-18-26-54(61)75(12)35-21-22-36-76(75,80)13)43-63-68(64)77(58-32-34-66-67(69(58)79)51-25-17-20-28-65(51)81-66)59-45-56-57(74(10,11)40-39-73(56,8)9)46-62(59)78(63)49-30-31-53-55(42-49)72(6,7)38-37-71(53,4)5/h14-20,23-34,41-46H,21-22,35-40H2,1-13H3. The molecule has 5 heteroatoms. The Hall–Kier alpha value is -6.98. The second-order valence-corrected chi connectivity index (χ2v) is 29.7. The van der Waals surface area contributed by atoms with Gasteiger partial charge in [0.15, 0.2) is 0 Å². The summed E-state index contributed by atoms with van der Waals surface area (Å²) < 4.78 is 7.01. The fourth-order valence-electron chi connectivity index (χ4n) is 16.9. The van der Waals surface area contributed by atoms with Crippen molar-refractivity contribution in [2.24, 2.45) is 0 Å². The maximum absolute atomic E-state index is 7.01. The van der Waals surface area contributed by atoms with Crippen LogP contribution in [0.3, 0.4) is 0 Å². The molecule has 4 heterocycles. The van der Waals surface area contributed by atoms with Gasteiger partial charge in [0.05, 0.1) is 22.3 Å². The van der Waals surface area contributed by atoms with Gasteiger partial charge in [0.2, 0.25) is 0 Å². The molecule has 1 saturated carbocycles. The topological polar surface area (TPSA) is 22.9 Å². The van der Waals surface area contributed by atoms with Crippen LogP contribution in [0.2, 0.25) is 0 Å². The third-order valence-electron chi connectivity index (χ3n) is 22.1. The van der Waals surface area contributed by atoms with Gasteiger partial charge in [-0.05, 0) is 189 Å². The Morgan fingerprint density at radius 2 is 1.07 bits per heavy atom. The summed E-state index contributed by atoms with van der Waals surface area (Å²) in [5.41, 5.74) is 26.9. The number of hydrogen-bond acceptors (Lipinski definition) is 4. The van der Waals surface area contributed by atoms with Crippen LogP contribution >= 0.6 is 0 Å². The Balaban J connectivity index is 1.14. The lowest BCUT2D eigenvalue weighted by Crippen LogP contribution is -2.62. The highest BCUT2D eigenvalue weighted by Crippen LogP contribution is 2.63. The van der Waals surface area contributed by atoms with Gasteiger partial charge >= 0.3 is 0 Å². The predicted octanol–water partition coefficient (Wildman–Crippen LogP) is 19.1. The van der Waals surface area contributed by atoms with E-state index in [0.29, 0.717) is 0 Å². The smallest absolute Gasteiger partial charge is 0.252 e. The fraction of sp³-hybridized carbons (Fsp3) is 0.368. The average Bonchev–Trinajstić information content (AvgIpc) is 4.12. The predicted molar refractivity (Wildman–Crippen MR) is 345 cm³/mol. The van der Waals surface area contributed by atoms with Gasteiger partial charge in [0.25, 0.3) is 6.71 Å². The average molecular weight is 1060 g/mol. The molecule has 15 rings (SSSR count). The zero-order valence-corrected chi connectivity index (χ0v) is 50.4. The first-order valence-corrected chi connectivity index (χ1v) is 30.7. The van der Waals surface area contributed by atoms with E-state index in [4.69, 9.17) is 4.42 Å². The van der Waals surface area contributed by atoms with E-state index < -0.39 is 0 Å². The van der Waals surface area contributed by atoms with Crippen molar-refractivity contribution in [3.05, 3.63) is 185 Å². The molecule has 2 unspecified atom stereocenters. The van der Waals surface area contributed by atoms with Crippen LogP contribution in [0.4, 0.5) is 45.5 Å². The maximum Gasteiger partial charge on any atom is 0.252 e. The molecule has 3 aliphatic carbocycles. The molecule has 8 aromatic carbocycles. The summed E-state index contributed by atoms with van der Waals surface area (Å²) in [4.78, 5) is 8.33. The SMILES string of the molecule is CC(C)(C)c1ccc(N2c3cc(N4c5ccccc5C5(C)CCCCC45C)cc4c3B(c3cc5c(cc3N4c3ccc4c(c3)C(C)(C)CCC4(C)C)C(C)(C)CCC5(C)C)c3ccc4oc5ccccc5c4c32)c(-c2ccccc2)c1. The van der Waals surface area contributed by atoms with E-state index in [0.717, 1.165) is 42.2 Å². The van der Waals surface area contributed by atoms with Crippen molar-refractivity contribution in [3.8, 4) is 11.1 Å². The molecule has 0 amide bonds. The van der Waals surface area contributed by atoms with Crippen molar-refractivity contribution in [2.75, 3.05) is 14.7 Å². The lowest BCUT2D eigenvalue weighted by atomic mass is 9.33. The first-order chi connectivity index (χ1) is 38.5. The van der Waals surface area contributed by atoms with Crippen LogP contribution in [-0.4, -0.2) is 12.3 Å². The fourth-order valence-corrected chi connectivity index (χ4v) is 16.9. The van der Waals surface area contributed by atoms with Gasteiger partial charge in [-0.2, -0.15) is 0 Å². The first kappa shape index (κ1) is 50.9. The first-order valence-electron chi connectivity index (χ1n) is 30.7. The molecule has 81 heavy (non-hydrogen) atoms. The van der Waals surface area contributed by atoms with Crippen molar-refractivity contribution in [1.29, 1.82) is 0 Å². The monoisotopic (exact) mass is 1060 g/mol. The van der Waals surface area contributed by atoms with E-state index >= 15 is 0 Å². The van der Waals surface area contributed by atoms with E-state index in [-0.39, 0.29) is 44.7 Å². The highest BCUT2D eigenvalue weighted by atomic mass is 16.3. The molecule has 0 bridgehead atoms. The van der Waals surface area contributed by atoms with Crippen LogP contribution in [-0.2, 0) is 32.5 Å². The molecule has 0 saturated heterocycles. The van der Waals surface area contributed by atoms with Gasteiger partial charge in [0.1, 0.15) is 11.2 Å². The van der Waals surface area contributed by atoms with Gasteiger partial charge in [-0.15, -0.1) is 0 Å². The maximum atomic E-state index is 7.01. The van der Waals surface area contributed by atoms with E-state index in [1.807, 2.05) is 0 Å². The molecule has 0 spiro atoms. The molecular weight excluding hydrogens is 982 g/mol. The van der Waals surface area contributed by atoms with Gasteiger partial charge in [0, 0.05) is 50.5 Å². The van der Waals surface area contributed by atoms with Crippen LogP contribution < -0.4 is 31.1 Å². The quantitative estimate of drug-likeness (QED) is 0.164. The Morgan fingerprint density at radius 1 is 0.444 bits per heavy atom. The van der Waals surface area contributed by atoms with Crippen molar-refractivity contribution in [3.63, 3.8) is 0 Å². The van der Waals surface area contributed by atoms with Crippen molar-refractivity contribution in [1.82, 2.24) is 0 Å². The zero-order valence-electron chi connectivity index (χ0n) is 50.4. The number of fused-ring (bicyclic) bond motifs is 13. The molecule has 4 nitrogen and oxygen atoms in total. The summed E-state index contributed by atoms with van der Waals surface area (Å²) in [7, 11) is 0. The van der Waals surface area contributed by atoms with E-state index in [2.05, 4.69) is 256 Å². The highest BCUT2D eigenvalue weighted by molar-refractivity contribution is 7.00. The molecule has 2 atom stereocenters. The summed E-state index contributed by atoms with van der Waals surface area (Å²) in [6.45, 7) is 32.1. The van der Waals surface area contributed by atoms with Gasteiger partial charge < -0.3 is 19.1 Å². The molecule has 0 radical (unpaired) electrons. The van der Waals surface area contributed by atoms with Crippen LogP contribution in [0, 0.1) is 0 Å². The van der Waals surface area contributed by atoms with E-state index in [1.165, 1.54) is 137 Å². The molecule has 3 aliphatic heterocycles. The Morgan fingerprint density at radius 3 is 1.80 bits per heavy atom. The summed E-state index contributed by atoms with van der Waals surface area (Å²) in [5, 5.41) is 2.31. The minimum absolute atomic E-state index is 0.00201. The van der Waals surface area contributed by atoms with E-state index in [1.54, 1.807) is 0 Å².